The van der Waals surface area contributed by atoms with Crippen LogP contribution in [-0.2, 0) is 6.42 Å². The van der Waals surface area contributed by atoms with Gasteiger partial charge < -0.3 is 9.73 Å². The maximum Gasteiger partial charge on any atom is 0.292 e. The number of anilines is 1. The number of nitrogens with one attached hydrogen (secondary N) is 2. The predicted octanol–water partition coefficient (Wildman–Crippen LogP) is 1.98. The summed E-state index contributed by atoms with van der Waals surface area (Å²) in [6.07, 6.45) is 2.01. The van der Waals surface area contributed by atoms with Crippen LogP contribution in [0.4, 0.5) is 5.82 Å². The number of aryl methyl sites for hydroxylation is 2. The number of carbonyl (C=O) groups is 1. The highest BCUT2D eigenvalue weighted by molar-refractivity contribution is 6.01. The number of furan rings is 1. The van der Waals surface area contributed by atoms with Crippen molar-refractivity contribution >= 4 is 11.7 Å². The Morgan fingerprint density at radius 2 is 2.21 bits per heavy atom. The molecule has 3 heterocycles. The summed E-state index contributed by atoms with van der Waals surface area (Å²) in [6, 6.07) is 4.87. The van der Waals surface area contributed by atoms with Gasteiger partial charge in [0.15, 0.2) is 5.76 Å². The number of nitrogens with zero attached hydrogens (tertiary/aromatic N) is 3. The summed E-state index contributed by atoms with van der Waals surface area (Å²) in [5, 5.41) is 7.00. The molecule has 0 bridgehead atoms. The van der Waals surface area contributed by atoms with E-state index in [0.717, 1.165) is 0 Å². The van der Waals surface area contributed by atoms with Crippen molar-refractivity contribution in [3.63, 3.8) is 0 Å². The molecule has 2 N–H and O–H groups in total. The molecule has 24 heavy (non-hydrogen) atoms. The minimum Gasteiger partial charge on any atom is -0.459 e. The van der Waals surface area contributed by atoms with Gasteiger partial charge in [-0.3, -0.25) is 14.6 Å². The molecule has 1 amide bonds. The van der Waals surface area contributed by atoms with Crippen LogP contribution in [0.15, 0.2) is 33.7 Å². The van der Waals surface area contributed by atoms with E-state index in [1.807, 2.05) is 6.92 Å². The summed E-state index contributed by atoms with van der Waals surface area (Å²) in [4.78, 5) is 31.4. The lowest BCUT2D eigenvalue weighted by molar-refractivity contribution is 0.0996. The number of aromatic nitrogens is 4. The van der Waals surface area contributed by atoms with E-state index < -0.39 is 5.91 Å². The Labute approximate surface area is 137 Å². The van der Waals surface area contributed by atoms with Crippen molar-refractivity contribution in [3.05, 3.63) is 57.5 Å². The van der Waals surface area contributed by atoms with Crippen LogP contribution in [0.1, 0.15) is 34.4 Å². The van der Waals surface area contributed by atoms with Gasteiger partial charge >= 0.3 is 0 Å². The smallest absolute Gasteiger partial charge is 0.292 e. The molecule has 0 atom stereocenters. The zero-order valence-corrected chi connectivity index (χ0v) is 13.6. The van der Waals surface area contributed by atoms with E-state index in [9.17, 15) is 9.59 Å². The topological polar surface area (TPSA) is 106 Å². The number of H-pyrrole nitrogens is 1. The lowest BCUT2D eigenvalue weighted by Crippen LogP contribution is -2.21. The molecule has 8 heteroatoms. The Hall–Kier alpha value is -3.16. The summed E-state index contributed by atoms with van der Waals surface area (Å²) < 4.78 is 6.47. The second kappa shape index (κ2) is 6.15. The minimum absolute atomic E-state index is 0.180. The Kier molecular flexibility index (Phi) is 4.03. The van der Waals surface area contributed by atoms with Gasteiger partial charge in [0.1, 0.15) is 5.82 Å². The van der Waals surface area contributed by atoms with Crippen molar-refractivity contribution in [2.24, 2.45) is 0 Å². The Morgan fingerprint density at radius 1 is 1.42 bits per heavy atom. The van der Waals surface area contributed by atoms with Crippen LogP contribution >= 0.6 is 0 Å². The molecule has 0 saturated heterocycles. The third-order valence-corrected chi connectivity index (χ3v) is 3.58. The lowest BCUT2D eigenvalue weighted by atomic mass is 10.2. The van der Waals surface area contributed by atoms with Crippen LogP contribution in [0, 0.1) is 13.8 Å². The first-order valence-corrected chi connectivity index (χ1v) is 7.51. The average molecular weight is 327 g/mol. The molecule has 0 aliphatic heterocycles. The van der Waals surface area contributed by atoms with Gasteiger partial charge in [-0.25, -0.2) is 4.98 Å². The van der Waals surface area contributed by atoms with Crippen molar-refractivity contribution in [1.29, 1.82) is 0 Å². The molecule has 3 rings (SSSR count). The summed E-state index contributed by atoms with van der Waals surface area (Å²) >= 11 is 0. The van der Waals surface area contributed by atoms with Crippen molar-refractivity contribution in [2.75, 3.05) is 5.32 Å². The Morgan fingerprint density at radius 3 is 2.83 bits per heavy atom. The standard InChI is InChI=1S/C16H17N5O3/c1-4-11-10(3)17-16(19-14(11)22)21-13(8-9(2)20-21)18-15(23)12-6-5-7-24-12/h5-8H,4H2,1-3H3,(H,18,23)(H,17,19,22). The van der Waals surface area contributed by atoms with Gasteiger partial charge in [0, 0.05) is 17.3 Å². The zero-order valence-electron chi connectivity index (χ0n) is 13.6. The van der Waals surface area contributed by atoms with Crippen LogP contribution in [0.25, 0.3) is 5.95 Å². The number of rotatable bonds is 4. The molecule has 0 spiro atoms. The molecule has 0 fully saturated rings. The zero-order chi connectivity index (χ0) is 17.3. The minimum atomic E-state index is -0.412. The molecular formula is C16H17N5O3. The highest BCUT2D eigenvalue weighted by Gasteiger charge is 2.16. The molecule has 0 aliphatic carbocycles. The van der Waals surface area contributed by atoms with E-state index in [1.54, 1.807) is 32.0 Å². The summed E-state index contributed by atoms with van der Waals surface area (Å²) in [5.74, 6) is 0.406. The molecule has 0 saturated carbocycles. The molecule has 8 nitrogen and oxygen atoms in total. The van der Waals surface area contributed by atoms with Crippen molar-refractivity contribution in [2.45, 2.75) is 27.2 Å². The van der Waals surface area contributed by atoms with Gasteiger partial charge in [0.05, 0.1) is 12.0 Å². The van der Waals surface area contributed by atoms with Crippen LogP contribution in [0.2, 0.25) is 0 Å². The van der Waals surface area contributed by atoms with Gasteiger partial charge in [0.25, 0.3) is 11.5 Å². The maximum absolute atomic E-state index is 12.2. The van der Waals surface area contributed by atoms with Crippen LogP contribution in [-0.4, -0.2) is 25.7 Å². The summed E-state index contributed by atoms with van der Waals surface area (Å²) in [7, 11) is 0. The molecule has 0 unspecified atom stereocenters. The van der Waals surface area contributed by atoms with Crippen molar-refractivity contribution in [1.82, 2.24) is 19.7 Å². The molecule has 0 aliphatic rings. The fourth-order valence-electron chi connectivity index (χ4n) is 2.45. The molecule has 124 valence electrons. The van der Waals surface area contributed by atoms with E-state index in [4.69, 9.17) is 4.42 Å². The maximum atomic E-state index is 12.2. The molecular weight excluding hydrogens is 310 g/mol. The van der Waals surface area contributed by atoms with Gasteiger partial charge in [-0.2, -0.15) is 9.78 Å². The number of carbonyl (C=O) groups excluding carboxylic acids is 1. The molecule has 3 aromatic heterocycles. The monoisotopic (exact) mass is 327 g/mol. The first-order valence-electron chi connectivity index (χ1n) is 7.51. The fraction of sp³-hybridized carbons (Fsp3) is 0.250. The largest absolute Gasteiger partial charge is 0.459 e. The third-order valence-electron chi connectivity index (χ3n) is 3.58. The van der Waals surface area contributed by atoms with E-state index >= 15 is 0 Å². The SMILES string of the molecule is CCc1c(C)nc(-n2nc(C)cc2NC(=O)c2ccco2)[nH]c1=O. The highest BCUT2D eigenvalue weighted by Crippen LogP contribution is 2.16. The molecule has 0 radical (unpaired) electrons. The Bertz CT molecular complexity index is 937. The van der Waals surface area contributed by atoms with Crippen molar-refractivity contribution < 1.29 is 9.21 Å². The van der Waals surface area contributed by atoms with Gasteiger partial charge in [0.2, 0.25) is 5.95 Å². The normalized spacial score (nSPS) is 10.8. The third kappa shape index (κ3) is 2.85. The van der Waals surface area contributed by atoms with Gasteiger partial charge in [-0.1, -0.05) is 6.92 Å². The van der Waals surface area contributed by atoms with Crippen molar-refractivity contribution in [3.8, 4) is 5.95 Å². The number of hydrogen-bond donors (Lipinski definition) is 2. The van der Waals surface area contributed by atoms with E-state index in [-0.39, 0.29) is 17.3 Å². The highest BCUT2D eigenvalue weighted by atomic mass is 16.3. The summed E-state index contributed by atoms with van der Waals surface area (Å²) in [5.41, 5.74) is 1.72. The lowest BCUT2D eigenvalue weighted by Gasteiger charge is -2.09. The molecule has 0 aromatic carbocycles. The second-order valence-electron chi connectivity index (χ2n) is 5.32. The van der Waals surface area contributed by atoms with Gasteiger partial charge in [-0.15, -0.1) is 0 Å². The summed E-state index contributed by atoms with van der Waals surface area (Å²) in [6.45, 7) is 5.45. The van der Waals surface area contributed by atoms with Crippen LogP contribution < -0.4 is 10.9 Å². The number of amides is 1. The number of hydrogen-bond acceptors (Lipinski definition) is 5. The van der Waals surface area contributed by atoms with E-state index in [0.29, 0.717) is 29.2 Å². The first kappa shape index (κ1) is 15.7. The molecule has 3 aromatic rings. The first-order chi connectivity index (χ1) is 11.5. The van der Waals surface area contributed by atoms with Gasteiger partial charge in [-0.05, 0) is 32.4 Å². The predicted molar refractivity (Wildman–Crippen MR) is 87.5 cm³/mol. The van der Waals surface area contributed by atoms with Crippen LogP contribution in [0.5, 0.6) is 0 Å². The fourth-order valence-corrected chi connectivity index (χ4v) is 2.45. The quantitative estimate of drug-likeness (QED) is 0.762. The van der Waals surface area contributed by atoms with Crippen LogP contribution in [0.3, 0.4) is 0 Å². The second-order valence-corrected chi connectivity index (χ2v) is 5.32. The average Bonchev–Trinajstić information content (AvgIpc) is 3.16. The van der Waals surface area contributed by atoms with E-state index in [1.165, 1.54) is 10.9 Å². The number of aromatic amines is 1. The Balaban J connectivity index is 2.01. The van der Waals surface area contributed by atoms with E-state index in [2.05, 4.69) is 20.4 Å².